The molecule has 0 aliphatic heterocycles. The summed E-state index contributed by atoms with van der Waals surface area (Å²) in [6.07, 6.45) is 3.89. The van der Waals surface area contributed by atoms with Crippen LogP contribution < -0.4 is 11.1 Å². The topological polar surface area (TPSA) is 55.1 Å². The van der Waals surface area contributed by atoms with Crippen LogP contribution in [-0.4, -0.2) is 12.6 Å². The lowest BCUT2D eigenvalue weighted by atomic mass is 10.2. The van der Waals surface area contributed by atoms with Crippen molar-refractivity contribution in [3.05, 3.63) is 12.2 Å². The summed E-state index contributed by atoms with van der Waals surface area (Å²) in [5.74, 6) is 0.523. The van der Waals surface area contributed by atoms with E-state index in [2.05, 4.69) is 19.2 Å². The van der Waals surface area contributed by atoms with E-state index in [0.29, 0.717) is 12.5 Å². The second-order valence-electron chi connectivity index (χ2n) is 2.42. The van der Waals surface area contributed by atoms with E-state index < -0.39 is 6.03 Å². The summed E-state index contributed by atoms with van der Waals surface area (Å²) in [6, 6.07) is -0.478. The Kier molecular flexibility index (Phi) is 4.37. The Morgan fingerprint density at radius 3 is 2.70 bits per heavy atom. The Bertz CT molecular complexity index is 130. The van der Waals surface area contributed by atoms with Crippen molar-refractivity contribution in [1.29, 1.82) is 0 Å². The molecule has 3 N–H and O–H groups in total. The fraction of sp³-hybridized carbons (Fsp3) is 0.571. The minimum absolute atomic E-state index is 0.478. The van der Waals surface area contributed by atoms with Crippen LogP contribution in [0, 0.1) is 5.92 Å². The SMILES string of the molecule is CC(C)/C=C/CNC(N)=O. The molecule has 0 aromatic carbocycles. The minimum atomic E-state index is -0.478. The maximum absolute atomic E-state index is 10.1. The molecule has 58 valence electrons. The molecule has 0 aliphatic rings. The third-order valence-corrected chi connectivity index (χ3v) is 0.915. The predicted octanol–water partition coefficient (Wildman–Crippen LogP) is 0.867. The van der Waals surface area contributed by atoms with E-state index >= 15 is 0 Å². The third kappa shape index (κ3) is 7.01. The van der Waals surface area contributed by atoms with E-state index in [1.165, 1.54) is 0 Å². The van der Waals surface area contributed by atoms with Crippen molar-refractivity contribution in [3.8, 4) is 0 Å². The van der Waals surface area contributed by atoms with E-state index in [-0.39, 0.29) is 0 Å². The van der Waals surface area contributed by atoms with E-state index in [4.69, 9.17) is 5.73 Å². The number of allylic oxidation sites excluding steroid dienone is 1. The van der Waals surface area contributed by atoms with Crippen LogP contribution in [0.5, 0.6) is 0 Å². The van der Waals surface area contributed by atoms with Gasteiger partial charge in [0.15, 0.2) is 0 Å². The van der Waals surface area contributed by atoms with Crippen LogP contribution in [0.2, 0.25) is 0 Å². The third-order valence-electron chi connectivity index (χ3n) is 0.915. The summed E-state index contributed by atoms with van der Waals surface area (Å²) < 4.78 is 0. The number of rotatable bonds is 3. The summed E-state index contributed by atoms with van der Waals surface area (Å²) in [4.78, 5) is 10.1. The highest BCUT2D eigenvalue weighted by atomic mass is 16.2. The fourth-order valence-electron chi connectivity index (χ4n) is 0.500. The average molecular weight is 142 g/mol. The summed E-state index contributed by atoms with van der Waals surface area (Å²) in [6.45, 7) is 4.66. The van der Waals surface area contributed by atoms with Gasteiger partial charge < -0.3 is 11.1 Å². The van der Waals surface area contributed by atoms with Crippen LogP contribution in [0.25, 0.3) is 0 Å². The lowest BCUT2D eigenvalue weighted by molar-refractivity contribution is 0.250. The number of hydrogen-bond donors (Lipinski definition) is 2. The average Bonchev–Trinajstić information content (AvgIpc) is 1.79. The molecule has 0 bridgehead atoms. The van der Waals surface area contributed by atoms with Gasteiger partial charge in [-0.15, -0.1) is 0 Å². The zero-order valence-electron chi connectivity index (χ0n) is 6.42. The van der Waals surface area contributed by atoms with Gasteiger partial charge in [0.1, 0.15) is 0 Å². The van der Waals surface area contributed by atoms with E-state index in [9.17, 15) is 4.79 Å². The molecule has 0 fully saturated rings. The summed E-state index contributed by atoms with van der Waals surface area (Å²) in [7, 11) is 0. The molecule has 3 nitrogen and oxygen atoms in total. The first-order valence-corrected chi connectivity index (χ1v) is 3.33. The second kappa shape index (κ2) is 4.85. The molecule has 2 amide bonds. The lowest BCUT2D eigenvalue weighted by Gasteiger charge is -1.95. The van der Waals surface area contributed by atoms with Gasteiger partial charge in [-0.05, 0) is 5.92 Å². The van der Waals surface area contributed by atoms with Crippen molar-refractivity contribution in [1.82, 2.24) is 5.32 Å². The second-order valence-corrected chi connectivity index (χ2v) is 2.42. The van der Waals surface area contributed by atoms with E-state index in [0.717, 1.165) is 0 Å². The Hall–Kier alpha value is -0.990. The molecule has 0 aliphatic carbocycles. The summed E-state index contributed by atoms with van der Waals surface area (Å²) in [5, 5.41) is 2.45. The van der Waals surface area contributed by atoms with Crippen LogP contribution in [0.3, 0.4) is 0 Å². The van der Waals surface area contributed by atoms with Crippen LogP contribution in [0.1, 0.15) is 13.8 Å². The molecular weight excluding hydrogens is 128 g/mol. The molecule has 0 radical (unpaired) electrons. The number of amides is 2. The van der Waals surface area contributed by atoms with Gasteiger partial charge in [0.2, 0.25) is 0 Å². The summed E-state index contributed by atoms with van der Waals surface area (Å²) in [5.41, 5.74) is 4.83. The smallest absolute Gasteiger partial charge is 0.312 e. The van der Waals surface area contributed by atoms with Gasteiger partial charge in [-0.3, -0.25) is 0 Å². The first-order chi connectivity index (χ1) is 4.63. The number of carbonyl (C=O) groups excluding carboxylic acids is 1. The zero-order chi connectivity index (χ0) is 7.98. The van der Waals surface area contributed by atoms with Gasteiger partial charge in [-0.1, -0.05) is 26.0 Å². The number of hydrogen-bond acceptors (Lipinski definition) is 1. The van der Waals surface area contributed by atoms with Crippen LogP contribution >= 0.6 is 0 Å². The van der Waals surface area contributed by atoms with Crippen molar-refractivity contribution in [3.63, 3.8) is 0 Å². The molecule has 0 spiro atoms. The number of nitrogens with two attached hydrogens (primary N) is 1. The molecule has 0 rings (SSSR count). The van der Waals surface area contributed by atoms with E-state index in [1.807, 2.05) is 12.2 Å². The lowest BCUT2D eigenvalue weighted by Crippen LogP contribution is -2.29. The van der Waals surface area contributed by atoms with Crippen molar-refractivity contribution in [2.24, 2.45) is 11.7 Å². The molecule has 0 unspecified atom stereocenters. The molecule has 10 heavy (non-hydrogen) atoms. The van der Waals surface area contributed by atoms with Crippen molar-refractivity contribution < 1.29 is 4.79 Å². The number of nitrogens with one attached hydrogen (secondary N) is 1. The largest absolute Gasteiger partial charge is 0.352 e. The first-order valence-electron chi connectivity index (χ1n) is 3.33. The van der Waals surface area contributed by atoms with Crippen molar-refractivity contribution in [2.75, 3.05) is 6.54 Å². The van der Waals surface area contributed by atoms with E-state index in [1.54, 1.807) is 0 Å². The Labute approximate surface area is 61.3 Å². The first kappa shape index (κ1) is 9.01. The maximum Gasteiger partial charge on any atom is 0.312 e. The van der Waals surface area contributed by atoms with Gasteiger partial charge in [-0.25, -0.2) is 4.79 Å². The normalized spacial score (nSPS) is 10.7. The Morgan fingerprint density at radius 1 is 1.70 bits per heavy atom. The highest BCUT2D eigenvalue weighted by Crippen LogP contribution is 1.91. The molecule has 0 saturated heterocycles. The monoisotopic (exact) mass is 142 g/mol. The Morgan fingerprint density at radius 2 is 2.30 bits per heavy atom. The fourth-order valence-corrected chi connectivity index (χ4v) is 0.500. The zero-order valence-corrected chi connectivity index (χ0v) is 6.42. The quantitative estimate of drug-likeness (QED) is 0.564. The molecular formula is C7H14N2O. The molecule has 0 aromatic rings. The molecule has 0 atom stereocenters. The maximum atomic E-state index is 10.1. The van der Waals surface area contributed by atoms with Crippen LogP contribution in [-0.2, 0) is 0 Å². The predicted molar refractivity (Wildman–Crippen MR) is 41.6 cm³/mol. The van der Waals surface area contributed by atoms with Gasteiger partial charge in [0.05, 0.1) is 0 Å². The van der Waals surface area contributed by atoms with Gasteiger partial charge in [0, 0.05) is 6.54 Å². The molecule has 0 heterocycles. The number of urea groups is 1. The van der Waals surface area contributed by atoms with Crippen molar-refractivity contribution >= 4 is 6.03 Å². The molecule has 0 saturated carbocycles. The standard InChI is InChI=1S/C7H14N2O/c1-6(2)4-3-5-9-7(8)10/h3-4,6H,5H2,1-2H3,(H3,8,9,10)/b4-3+. The highest BCUT2D eigenvalue weighted by Gasteiger charge is 1.86. The summed E-state index contributed by atoms with van der Waals surface area (Å²) >= 11 is 0. The van der Waals surface area contributed by atoms with Gasteiger partial charge >= 0.3 is 6.03 Å². The van der Waals surface area contributed by atoms with Crippen LogP contribution in [0.4, 0.5) is 4.79 Å². The number of carbonyl (C=O) groups is 1. The highest BCUT2D eigenvalue weighted by molar-refractivity contribution is 5.71. The minimum Gasteiger partial charge on any atom is -0.352 e. The Balaban J connectivity index is 3.27. The van der Waals surface area contributed by atoms with Crippen molar-refractivity contribution in [2.45, 2.75) is 13.8 Å². The van der Waals surface area contributed by atoms with Crippen LogP contribution in [0.15, 0.2) is 12.2 Å². The molecule has 0 aromatic heterocycles. The molecule has 3 heteroatoms. The number of primary amides is 1. The van der Waals surface area contributed by atoms with Gasteiger partial charge in [-0.2, -0.15) is 0 Å². The van der Waals surface area contributed by atoms with Gasteiger partial charge in [0.25, 0.3) is 0 Å².